The number of benzene rings is 1. The minimum absolute atomic E-state index is 0.0565. The van der Waals surface area contributed by atoms with Crippen molar-refractivity contribution >= 4 is 17.7 Å². The van der Waals surface area contributed by atoms with Gasteiger partial charge in [-0.05, 0) is 36.8 Å². The van der Waals surface area contributed by atoms with E-state index in [9.17, 15) is 9.59 Å². The van der Waals surface area contributed by atoms with Crippen LogP contribution in [-0.2, 0) is 23.2 Å². The predicted molar refractivity (Wildman–Crippen MR) is 110 cm³/mol. The topological polar surface area (TPSA) is 105 Å². The monoisotopic (exact) mass is 425 g/mol. The molecule has 0 spiro atoms. The van der Waals surface area contributed by atoms with Gasteiger partial charge in [0.25, 0.3) is 0 Å². The van der Waals surface area contributed by atoms with E-state index in [0.717, 1.165) is 22.6 Å². The average molecular weight is 425 g/mol. The number of furan rings is 1. The Hall–Kier alpha value is -3.75. The van der Waals surface area contributed by atoms with Crippen molar-refractivity contribution in [3.63, 3.8) is 0 Å². The summed E-state index contributed by atoms with van der Waals surface area (Å²) >= 11 is 0. The van der Waals surface area contributed by atoms with Crippen molar-refractivity contribution in [2.45, 2.75) is 25.9 Å². The highest BCUT2D eigenvalue weighted by atomic mass is 16.5. The Kier molecular flexibility index (Phi) is 5.41. The van der Waals surface area contributed by atoms with Crippen LogP contribution in [0, 0.1) is 6.92 Å². The van der Waals surface area contributed by atoms with Crippen molar-refractivity contribution in [3.05, 3.63) is 58.7 Å². The van der Waals surface area contributed by atoms with Gasteiger partial charge in [-0.1, -0.05) is 6.07 Å². The molecule has 0 bridgehead atoms. The van der Waals surface area contributed by atoms with E-state index in [1.54, 1.807) is 23.9 Å². The second-order valence-corrected chi connectivity index (χ2v) is 7.23. The van der Waals surface area contributed by atoms with Gasteiger partial charge in [0.2, 0.25) is 11.7 Å². The van der Waals surface area contributed by atoms with Gasteiger partial charge in [0, 0.05) is 24.9 Å². The van der Waals surface area contributed by atoms with Crippen molar-refractivity contribution in [2.75, 3.05) is 19.5 Å². The maximum Gasteiger partial charge on any atom is 0.373 e. The summed E-state index contributed by atoms with van der Waals surface area (Å²) in [6.07, 6.45) is 0.325. The average Bonchev–Trinajstić information content (AvgIpc) is 3.35. The molecular formula is C22H23N3O6. The number of amides is 1. The number of nitrogens with one attached hydrogen (secondary N) is 1. The molecule has 0 radical (unpaired) electrons. The molecule has 1 atom stereocenters. The van der Waals surface area contributed by atoms with E-state index in [1.807, 2.05) is 26.1 Å². The number of aromatic nitrogens is 2. The standard InChI is InChI=1S/C22H23N3O6/c1-12-20-15(10-19(26)23-21(20)25(2)24-12)13-5-7-16(18(9-13)28-3)30-11-14-6-8-17(31-14)22(27)29-4/h5-9,15H,10-11H2,1-4H3,(H,23,26). The summed E-state index contributed by atoms with van der Waals surface area (Å²) < 4.78 is 23.1. The van der Waals surface area contributed by atoms with Crippen molar-refractivity contribution in [2.24, 2.45) is 7.05 Å². The van der Waals surface area contributed by atoms with E-state index in [2.05, 4.69) is 15.2 Å². The van der Waals surface area contributed by atoms with Gasteiger partial charge in [0.15, 0.2) is 11.5 Å². The molecule has 0 aliphatic carbocycles. The molecule has 4 rings (SSSR count). The number of nitrogens with zero attached hydrogens (tertiary/aromatic N) is 2. The number of anilines is 1. The van der Waals surface area contributed by atoms with Crippen LogP contribution in [0.5, 0.6) is 11.5 Å². The molecule has 1 aliphatic heterocycles. The molecule has 0 saturated heterocycles. The van der Waals surface area contributed by atoms with Crippen molar-refractivity contribution in [1.29, 1.82) is 0 Å². The van der Waals surface area contributed by atoms with E-state index in [1.165, 1.54) is 13.2 Å². The predicted octanol–water partition coefficient (Wildman–Crippen LogP) is 3.17. The number of fused-ring (bicyclic) bond motifs is 1. The second kappa shape index (κ2) is 8.17. The summed E-state index contributed by atoms with van der Waals surface area (Å²) in [7, 11) is 4.66. The normalized spacial score (nSPS) is 15.2. The van der Waals surface area contributed by atoms with Crippen LogP contribution >= 0.6 is 0 Å². The van der Waals surface area contributed by atoms with Gasteiger partial charge in [-0.3, -0.25) is 9.48 Å². The third-order valence-electron chi connectivity index (χ3n) is 5.27. The smallest absolute Gasteiger partial charge is 0.373 e. The lowest BCUT2D eigenvalue weighted by Gasteiger charge is -2.24. The molecule has 1 aromatic carbocycles. The summed E-state index contributed by atoms with van der Waals surface area (Å²) in [5.41, 5.74) is 2.81. The number of rotatable bonds is 6. The number of carbonyl (C=O) groups is 2. The van der Waals surface area contributed by atoms with Crippen molar-refractivity contribution in [1.82, 2.24) is 9.78 Å². The summed E-state index contributed by atoms with van der Waals surface area (Å²) in [4.78, 5) is 23.8. The molecule has 3 heterocycles. The molecule has 1 aliphatic rings. The lowest BCUT2D eigenvalue weighted by atomic mass is 9.85. The fraction of sp³-hybridized carbons (Fsp3) is 0.318. The Morgan fingerprint density at radius 3 is 2.81 bits per heavy atom. The van der Waals surface area contributed by atoms with Crippen LogP contribution in [0.4, 0.5) is 5.82 Å². The molecular weight excluding hydrogens is 402 g/mol. The van der Waals surface area contributed by atoms with Crippen LogP contribution in [0.2, 0.25) is 0 Å². The summed E-state index contributed by atoms with van der Waals surface area (Å²) in [6, 6.07) is 8.78. The van der Waals surface area contributed by atoms with Crippen LogP contribution in [-0.4, -0.2) is 35.9 Å². The minimum Gasteiger partial charge on any atom is -0.493 e. The number of aryl methyl sites for hydroxylation is 2. The van der Waals surface area contributed by atoms with Gasteiger partial charge < -0.3 is 23.9 Å². The van der Waals surface area contributed by atoms with E-state index in [4.69, 9.17) is 13.9 Å². The molecule has 3 aromatic rings. The van der Waals surface area contributed by atoms with Gasteiger partial charge in [-0.15, -0.1) is 0 Å². The van der Waals surface area contributed by atoms with Crippen LogP contribution in [0.1, 0.15) is 45.5 Å². The highest BCUT2D eigenvalue weighted by molar-refractivity contribution is 5.94. The highest BCUT2D eigenvalue weighted by Gasteiger charge is 2.32. The Morgan fingerprint density at radius 1 is 1.26 bits per heavy atom. The summed E-state index contributed by atoms with van der Waals surface area (Å²) in [5.74, 6) is 1.63. The molecule has 1 amide bonds. The Morgan fingerprint density at radius 2 is 2.06 bits per heavy atom. The number of carbonyl (C=O) groups excluding carboxylic acids is 2. The number of esters is 1. The van der Waals surface area contributed by atoms with Gasteiger partial charge >= 0.3 is 5.97 Å². The van der Waals surface area contributed by atoms with Crippen LogP contribution in [0.3, 0.4) is 0 Å². The maximum atomic E-state index is 12.3. The third kappa shape index (κ3) is 3.86. The number of hydrogen-bond donors (Lipinski definition) is 1. The van der Waals surface area contributed by atoms with Crippen molar-refractivity contribution < 1.29 is 28.2 Å². The number of ether oxygens (including phenoxy) is 3. The zero-order chi connectivity index (χ0) is 22.1. The first kappa shape index (κ1) is 20.5. The maximum absolute atomic E-state index is 12.3. The quantitative estimate of drug-likeness (QED) is 0.605. The zero-order valence-corrected chi connectivity index (χ0v) is 17.7. The van der Waals surface area contributed by atoms with Crippen LogP contribution in [0.15, 0.2) is 34.7 Å². The van der Waals surface area contributed by atoms with Gasteiger partial charge in [-0.25, -0.2) is 4.79 Å². The SMILES string of the molecule is COC(=O)c1ccc(COc2ccc(C3CC(=O)Nc4c3c(C)nn4C)cc2OC)o1. The largest absolute Gasteiger partial charge is 0.493 e. The zero-order valence-electron chi connectivity index (χ0n) is 17.7. The Labute approximate surface area is 178 Å². The van der Waals surface area contributed by atoms with E-state index in [-0.39, 0.29) is 24.2 Å². The summed E-state index contributed by atoms with van der Waals surface area (Å²) in [5, 5.41) is 7.35. The lowest BCUT2D eigenvalue weighted by Crippen LogP contribution is -2.24. The molecule has 31 heavy (non-hydrogen) atoms. The molecule has 2 aromatic heterocycles. The molecule has 1 unspecified atom stereocenters. The highest BCUT2D eigenvalue weighted by Crippen LogP contribution is 2.41. The molecule has 9 nitrogen and oxygen atoms in total. The van der Waals surface area contributed by atoms with E-state index < -0.39 is 5.97 Å². The first-order valence-corrected chi connectivity index (χ1v) is 9.72. The van der Waals surface area contributed by atoms with Crippen LogP contribution < -0.4 is 14.8 Å². The fourth-order valence-electron chi connectivity index (χ4n) is 3.83. The molecule has 0 saturated carbocycles. The summed E-state index contributed by atoms with van der Waals surface area (Å²) in [6.45, 7) is 2.05. The fourth-order valence-corrected chi connectivity index (χ4v) is 3.83. The molecule has 9 heteroatoms. The number of hydrogen-bond acceptors (Lipinski definition) is 7. The molecule has 162 valence electrons. The van der Waals surface area contributed by atoms with Crippen molar-refractivity contribution in [3.8, 4) is 11.5 Å². The third-order valence-corrected chi connectivity index (χ3v) is 5.27. The first-order valence-electron chi connectivity index (χ1n) is 9.72. The molecule has 1 N–H and O–H groups in total. The van der Waals surface area contributed by atoms with Gasteiger partial charge in [0.1, 0.15) is 18.2 Å². The lowest BCUT2D eigenvalue weighted by molar-refractivity contribution is -0.116. The Balaban J connectivity index is 1.57. The number of methoxy groups -OCH3 is 2. The van der Waals surface area contributed by atoms with Crippen LogP contribution in [0.25, 0.3) is 0 Å². The van der Waals surface area contributed by atoms with E-state index in [0.29, 0.717) is 23.7 Å². The Bertz CT molecular complexity index is 1150. The van der Waals surface area contributed by atoms with Gasteiger partial charge in [0.05, 0.1) is 19.9 Å². The molecule has 0 fully saturated rings. The van der Waals surface area contributed by atoms with E-state index >= 15 is 0 Å². The second-order valence-electron chi connectivity index (χ2n) is 7.23. The first-order chi connectivity index (χ1) is 14.9. The minimum atomic E-state index is -0.547. The van der Waals surface area contributed by atoms with Gasteiger partial charge in [-0.2, -0.15) is 5.10 Å².